The Labute approximate surface area is 169 Å². The summed E-state index contributed by atoms with van der Waals surface area (Å²) in [5.74, 6) is -1.93. The van der Waals surface area contributed by atoms with Gasteiger partial charge in [0.2, 0.25) is 0 Å². The van der Waals surface area contributed by atoms with E-state index in [0.717, 1.165) is 35.7 Å². The second-order valence-corrected chi connectivity index (χ2v) is 7.07. The van der Waals surface area contributed by atoms with Gasteiger partial charge in [0.25, 0.3) is 0 Å². The number of carboxylic acids is 1. The molecule has 0 unspecified atom stereocenters. The first kappa shape index (κ1) is 20.7. The Bertz CT molecular complexity index is 960. The standard InChI is InChI=1S/C24H23F2NO2/c25-22-9-10-23(26)21(15-22)17-27(12-11-24(28)29)16-20-8-4-7-19(14-20)13-18-5-2-1-3-6-18/h1-10,14-15H,11-13,16-17H2,(H,28,29). The van der Waals surface area contributed by atoms with E-state index in [1.807, 2.05) is 41.3 Å². The van der Waals surface area contributed by atoms with Crippen LogP contribution in [-0.2, 0) is 24.3 Å². The fourth-order valence-electron chi connectivity index (χ4n) is 3.30. The zero-order chi connectivity index (χ0) is 20.6. The van der Waals surface area contributed by atoms with E-state index in [1.54, 1.807) is 0 Å². The molecule has 0 bridgehead atoms. The van der Waals surface area contributed by atoms with Crippen LogP contribution >= 0.6 is 0 Å². The molecule has 0 aliphatic carbocycles. The lowest BCUT2D eigenvalue weighted by Gasteiger charge is -2.22. The van der Waals surface area contributed by atoms with Crippen molar-refractivity contribution in [3.8, 4) is 0 Å². The molecule has 3 nitrogen and oxygen atoms in total. The van der Waals surface area contributed by atoms with Crippen LogP contribution in [0.25, 0.3) is 0 Å². The van der Waals surface area contributed by atoms with Crippen LogP contribution in [0.4, 0.5) is 8.78 Å². The SMILES string of the molecule is O=C(O)CCN(Cc1cccc(Cc2ccccc2)c1)Cc1cc(F)ccc1F. The first-order valence-corrected chi connectivity index (χ1v) is 9.49. The fraction of sp³-hybridized carbons (Fsp3) is 0.208. The molecular weight excluding hydrogens is 372 g/mol. The Morgan fingerprint density at radius 2 is 1.55 bits per heavy atom. The van der Waals surface area contributed by atoms with E-state index >= 15 is 0 Å². The van der Waals surface area contributed by atoms with E-state index in [4.69, 9.17) is 5.11 Å². The summed E-state index contributed by atoms with van der Waals surface area (Å²) in [6.45, 7) is 0.833. The minimum atomic E-state index is -0.924. The number of benzene rings is 3. The van der Waals surface area contributed by atoms with Crippen LogP contribution < -0.4 is 0 Å². The molecule has 0 saturated heterocycles. The van der Waals surface area contributed by atoms with Crippen molar-refractivity contribution in [2.45, 2.75) is 25.9 Å². The largest absolute Gasteiger partial charge is 0.481 e. The molecule has 5 heteroatoms. The summed E-state index contributed by atoms with van der Waals surface area (Å²) in [5.41, 5.74) is 3.56. The molecule has 1 N–H and O–H groups in total. The summed E-state index contributed by atoms with van der Waals surface area (Å²) in [4.78, 5) is 12.9. The first-order valence-electron chi connectivity index (χ1n) is 9.49. The zero-order valence-electron chi connectivity index (χ0n) is 16.0. The van der Waals surface area contributed by atoms with Gasteiger partial charge in [0, 0.05) is 25.2 Å². The number of hydrogen-bond donors (Lipinski definition) is 1. The summed E-state index contributed by atoms with van der Waals surface area (Å²) in [6.07, 6.45) is 0.725. The second kappa shape index (κ2) is 9.94. The number of halogens is 2. The van der Waals surface area contributed by atoms with Crippen LogP contribution in [0.2, 0.25) is 0 Å². The Kier molecular flexibility index (Phi) is 7.09. The molecule has 0 saturated carbocycles. The predicted molar refractivity (Wildman–Crippen MR) is 108 cm³/mol. The van der Waals surface area contributed by atoms with Gasteiger partial charge < -0.3 is 5.11 Å². The Balaban J connectivity index is 1.75. The summed E-state index contributed by atoms with van der Waals surface area (Å²) in [6, 6.07) is 21.5. The molecule has 0 atom stereocenters. The van der Waals surface area contributed by atoms with Gasteiger partial charge in [-0.05, 0) is 41.3 Å². The number of nitrogens with zero attached hydrogens (tertiary/aromatic N) is 1. The topological polar surface area (TPSA) is 40.5 Å². The number of hydrogen-bond acceptors (Lipinski definition) is 2. The number of carbonyl (C=O) groups is 1. The maximum Gasteiger partial charge on any atom is 0.304 e. The number of rotatable bonds is 9. The Morgan fingerprint density at radius 1 is 0.828 bits per heavy atom. The molecule has 3 rings (SSSR count). The number of aliphatic carboxylic acids is 1. The van der Waals surface area contributed by atoms with Gasteiger partial charge in [-0.2, -0.15) is 0 Å². The lowest BCUT2D eigenvalue weighted by molar-refractivity contribution is -0.137. The molecule has 0 heterocycles. The first-order chi connectivity index (χ1) is 14.0. The monoisotopic (exact) mass is 395 g/mol. The maximum atomic E-state index is 14.1. The average Bonchev–Trinajstić information content (AvgIpc) is 2.70. The molecule has 3 aromatic carbocycles. The van der Waals surface area contributed by atoms with Crippen molar-refractivity contribution >= 4 is 5.97 Å². The van der Waals surface area contributed by atoms with Gasteiger partial charge in [0.15, 0.2) is 0 Å². The molecule has 0 radical (unpaired) electrons. The van der Waals surface area contributed by atoms with Gasteiger partial charge >= 0.3 is 5.97 Å². The van der Waals surface area contributed by atoms with Gasteiger partial charge in [0.1, 0.15) is 11.6 Å². The van der Waals surface area contributed by atoms with Crippen molar-refractivity contribution < 1.29 is 18.7 Å². The lowest BCUT2D eigenvalue weighted by atomic mass is 10.0. The third-order valence-corrected chi connectivity index (χ3v) is 4.69. The quantitative estimate of drug-likeness (QED) is 0.552. The minimum Gasteiger partial charge on any atom is -0.481 e. The van der Waals surface area contributed by atoms with Gasteiger partial charge in [-0.3, -0.25) is 9.69 Å². The van der Waals surface area contributed by atoms with E-state index in [-0.39, 0.29) is 25.1 Å². The van der Waals surface area contributed by atoms with E-state index in [9.17, 15) is 13.6 Å². The van der Waals surface area contributed by atoms with Crippen molar-refractivity contribution in [2.24, 2.45) is 0 Å². The van der Waals surface area contributed by atoms with Crippen molar-refractivity contribution in [3.05, 3.63) is 107 Å². The van der Waals surface area contributed by atoms with Crippen LogP contribution in [0, 0.1) is 11.6 Å². The Morgan fingerprint density at radius 3 is 2.31 bits per heavy atom. The average molecular weight is 395 g/mol. The van der Waals surface area contributed by atoms with Crippen molar-refractivity contribution in [3.63, 3.8) is 0 Å². The molecule has 0 aromatic heterocycles. The molecule has 3 aromatic rings. The van der Waals surface area contributed by atoms with E-state index in [0.29, 0.717) is 6.54 Å². The molecule has 0 amide bonds. The molecular formula is C24H23F2NO2. The van der Waals surface area contributed by atoms with E-state index < -0.39 is 17.6 Å². The molecule has 150 valence electrons. The maximum absolute atomic E-state index is 14.1. The van der Waals surface area contributed by atoms with Crippen LogP contribution in [0.1, 0.15) is 28.7 Å². The summed E-state index contributed by atoms with van der Waals surface area (Å²) in [7, 11) is 0. The third-order valence-electron chi connectivity index (χ3n) is 4.69. The summed E-state index contributed by atoms with van der Waals surface area (Å²) >= 11 is 0. The number of carboxylic acid groups (broad SMARTS) is 1. The van der Waals surface area contributed by atoms with Crippen LogP contribution in [0.3, 0.4) is 0 Å². The van der Waals surface area contributed by atoms with Crippen molar-refractivity contribution in [1.29, 1.82) is 0 Å². The van der Waals surface area contributed by atoms with Gasteiger partial charge in [-0.1, -0.05) is 54.6 Å². The predicted octanol–water partition coefficient (Wildman–Crippen LogP) is 5.03. The highest BCUT2D eigenvalue weighted by Crippen LogP contribution is 2.17. The van der Waals surface area contributed by atoms with Crippen molar-refractivity contribution in [1.82, 2.24) is 4.90 Å². The normalized spacial score (nSPS) is 11.0. The smallest absolute Gasteiger partial charge is 0.304 e. The second-order valence-electron chi connectivity index (χ2n) is 7.07. The molecule has 0 fully saturated rings. The van der Waals surface area contributed by atoms with Crippen LogP contribution in [-0.4, -0.2) is 22.5 Å². The van der Waals surface area contributed by atoms with Gasteiger partial charge in [-0.25, -0.2) is 8.78 Å². The highest BCUT2D eigenvalue weighted by Gasteiger charge is 2.13. The van der Waals surface area contributed by atoms with E-state index in [2.05, 4.69) is 18.2 Å². The van der Waals surface area contributed by atoms with Crippen molar-refractivity contribution in [2.75, 3.05) is 6.54 Å². The zero-order valence-corrected chi connectivity index (χ0v) is 16.0. The van der Waals surface area contributed by atoms with Gasteiger partial charge in [0.05, 0.1) is 6.42 Å². The Hall–Kier alpha value is -3.05. The van der Waals surface area contributed by atoms with Crippen LogP contribution in [0.15, 0.2) is 72.8 Å². The fourth-order valence-corrected chi connectivity index (χ4v) is 3.30. The highest BCUT2D eigenvalue weighted by atomic mass is 19.1. The third kappa shape index (κ3) is 6.50. The lowest BCUT2D eigenvalue weighted by Crippen LogP contribution is -2.26. The molecule has 0 aliphatic heterocycles. The molecule has 0 spiro atoms. The van der Waals surface area contributed by atoms with E-state index in [1.165, 1.54) is 5.56 Å². The highest BCUT2D eigenvalue weighted by molar-refractivity contribution is 5.66. The molecule has 29 heavy (non-hydrogen) atoms. The van der Waals surface area contributed by atoms with Crippen LogP contribution in [0.5, 0.6) is 0 Å². The molecule has 0 aliphatic rings. The summed E-state index contributed by atoms with van der Waals surface area (Å²) < 4.78 is 27.6. The van der Waals surface area contributed by atoms with Gasteiger partial charge in [-0.15, -0.1) is 0 Å². The summed E-state index contributed by atoms with van der Waals surface area (Å²) in [5, 5.41) is 9.04. The minimum absolute atomic E-state index is 0.0688.